The molecule has 0 unspecified atom stereocenters. The highest BCUT2D eigenvalue weighted by Crippen LogP contribution is 2.37. The molecule has 0 aromatic heterocycles. The van der Waals surface area contributed by atoms with Crippen molar-refractivity contribution < 1.29 is 9.66 Å². The second-order valence-corrected chi connectivity index (χ2v) is 6.31. The van der Waals surface area contributed by atoms with E-state index in [4.69, 9.17) is 16.3 Å². The smallest absolute Gasteiger partial charge is 0.313 e. The van der Waals surface area contributed by atoms with Gasteiger partial charge in [0.05, 0.1) is 9.40 Å². The molecule has 0 amide bonds. The lowest BCUT2D eigenvalue weighted by atomic mass is 10.1. The second-order valence-electron chi connectivity index (χ2n) is 5.02. The van der Waals surface area contributed by atoms with Crippen LogP contribution in [0.4, 0.5) is 5.69 Å². The van der Waals surface area contributed by atoms with Gasteiger partial charge in [0.25, 0.3) is 0 Å². The molecular weight excluding hydrogens is 336 g/mol. The molecule has 0 saturated carbocycles. The van der Waals surface area contributed by atoms with Crippen LogP contribution in [0.2, 0.25) is 5.02 Å². The number of benzene rings is 1. The normalized spacial score (nSPS) is 11.4. The maximum atomic E-state index is 10.9. The quantitative estimate of drug-likeness (QED) is 0.498. The Morgan fingerprint density at radius 2 is 2.11 bits per heavy atom. The van der Waals surface area contributed by atoms with Crippen LogP contribution in [0.3, 0.4) is 0 Å². The number of nitrogens with zero attached hydrogens (tertiary/aromatic N) is 1. The molecule has 19 heavy (non-hydrogen) atoms. The molecular formula is C12H16BrClN2O3. The van der Waals surface area contributed by atoms with Gasteiger partial charge in [0.2, 0.25) is 5.75 Å². The summed E-state index contributed by atoms with van der Waals surface area (Å²) in [6.07, 6.45) is 0. The van der Waals surface area contributed by atoms with Crippen LogP contribution in [0.1, 0.15) is 20.8 Å². The number of hydrogen-bond donors (Lipinski definition) is 1. The zero-order valence-corrected chi connectivity index (χ0v) is 13.3. The molecule has 1 aromatic rings. The Hall–Kier alpha value is -0.850. The number of nitro groups is 1. The molecule has 0 radical (unpaired) electrons. The number of nitrogens with one attached hydrogen (secondary N) is 1. The minimum atomic E-state index is -0.511. The summed E-state index contributed by atoms with van der Waals surface area (Å²) in [5.41, 5.74) is -0.165. The van der Waals surface area contributed by atoms with Crippen molar-refractivity contribution in [2.45, 2.75) is 26.3 Å². The fourth-order valence-corrected chi connectivity index (χ4v) is 2.31. The van der Waals surface area contributed by atoms with Crippen LogP contribution < -0.4 is 10.1 Å². The number of rotatable bonds is 5. The highest BCUT2D eigenvalue weighted by molar-refractivity contribution is 9.10. The van der Waals surface area contributed by atoms with Crippen molar-refractivity contribution in [3.63, 3.8) is 0 Å². The van der Waals surface area contributed by atoms with Gasteiger partial charge in [-0.05, 0) is 42.8 Å². The highest BCUT2D eigenvalue weighted by atomic mass is 79.9. The van der Waals surface area contributed by atoms with Crippen molar-refractivity contribution in [1.29, 1.82) is 0 Å². The largest absolute Gasteiger partial charge is 0.485 e. The van der Waals surface area contributed by atoms with Gasteiger partial charge in [0.15, 0.2) is 0 Å². The van der Waals surface area contributed by atoms with E-state index in [2.05, 4.69) is 21.2 Å². The Bertz CT molecular complexity index is 475. The van der Waals surface area contributed by atoms with Crippen molar-refractivity contribution in [3.05, 3.63) is 31.7 Å². The van der Waals surface area contributed by atoms with Crippen LogP contribution in [-0.4, -0.2) is 23.6 Å². The van der Waals surface area contributed by atoms with E-state index in [1.54, 1.807) is 6.07 Å². The van der Waals surface area contributed by atoms with Gasteiger partial charge in [0, 0.05) is 23.2 Å². The van der Waals surface area contributed by atoms with E-state index < -0.39 is 4.92 Å². The zero-order chi connectivity index (χ0) is 14.6. The van der Waals surface area contributed by atoms with Crippen LogP contribution in [0.15, 0.2) is 16.6 Å². The Kier molecular flexibility index (Phi) is 5.58. The van der Waals surface area contributed by atoms with E-state index in [1.807, 2.05) is 20.8 Å². The standard InChI is InChI=1S/C12H16BrClN2O3/c1-12(2,3)15-4-5-19-11-9(13)6-8(14)7-10(11)16(17)18/h6-7,15H,4-5H2,1-3H3. The maximum absolute atomic E-state index is 10.9. The fraction of sp³-hybridized carbons (Fsp3) is 0.500. The molecule has 1 aromatic carbocycles. The average Bonchev–Trinajstić information content (AvgIpc) is 2.24. The molecule has 5 nitrogen and oxygen atoms in total. The van der Waals surface area contributed by atoms with E-state index >= 15 is 0 Å². The van der Waals surface area contributed by atoms with Crippen LogP contribution >= 0.6 is 27.5 Å². The highest BCUT2D eigenvalue weighted by Gasteiger charge is 2.20. The fourth-order valence-electron chi connectivity index (χ4n) is 1.40. The lowest BCUT2D eigenvalue weighted by Gasteiger charge is -2.20. The molecule has 0 aliphatic rings. The van der Waals surface area contributed by atoms with E-state index in [9.17, 15) is 10.1 Å². The monoisotopic (exact) mass is 350 g/mol. The van der Waals surface area contributed by atoms with Gasteiger partial charge in [-0.1, -0.05) is 11.6 Å². The van der Waals surface area contributed by atoms with Crippen molar-refractivity contribution in [2.24, 2.45) is 0 Å². The number of hydrogen-bond acceptors (Lipinski definition) is 4. The Morgan fingerprint density at radius 1 is 1.47 bits per heavy atom. The topological polar surface area (TPSA) is 64.4 Å². The summed E-state index contributed by atoms with van der Waals surface area (Å²) in [6.45, 7) is 7.03. The molecule has 0 heterocycles. The minimum Gasteiger partial charge on any atom is -0.485 e. The summed E-state index contributed by atoms with van der Waals surface area (Å²) in [5.74, 6) is 0.199. The van der Waals surface area contributed by atoms with Crippen LogP contribution in [-0.2, 0) is 0 Å². The maximum Gasteiger partial charge on any atom is 0.313 e. The minimum absolute atomic E-state index is 0.0213. The van der Waals surface area contributed by atoms with Gasteiger partial charge >= 0.3 is 5.69 Å². The number of halogens is 2. The third-order valence-electron chi connectivity index (χ3n) is 2.19. The molecule has 1 rings (SSSR count). The van der Waals surface area contributed by atoms with Gasteiger partial charge in [-0.3, -0.25) is 10.1 Å². The second kappa shape index (κ2) is 6.54. The van der Waals surface area contributed by atoms with Gasteiger partial charge in [0.1, 0.15) is 6.61 Å². The Balaban J connectivity index is 2.75. The van der Waals surface area contributed by atoms with E-state index in [-0.39, 0.29) is 17.0 Å². The summed E-state index contributed by atoms with van der Waals surface area (Å²) >= 11 is 9.01. The van der Waals surface area contributed by atoms with Crippen molar-refractivity contribution in [3.8, 4) is 5.75 Å². The molecule has 0 aliphatic carbocycles. The lowest BCUT2D eigenvalue weighted by molar-refractivity contribution is -0.385. The Labute approximate surface area is 125 Å². The average molecular weight is 352 g/mol. The first-order chi connectivity index (χ1) is 8.70. The van der Waals surface area contributed by atoms with Gasteiger partial charge < -0.3 is 10.1 Å². The zero-order valence-electron chi connectivity index (χ0n) is 11.0. The SMILES string of the molecule is CC(C)(C)NCCOc1c(Br)cc(Cl)cc1[N+](=O)[O-]. The molecule has 0 saturated heterocycles. The number of ether oxygens (including phenoxy) is 1. The summed E-state index contributed by atoms with van der Waals surface area (Å²) in [5, 5.41) is 14.5. The summed E-state index contributed by atoms with van der Waals surface area (Å²) in [6, 6.07) is 2.85. The summed E-state index contributed by atoms with van der Waals surface area (Å²) < 4.78 is 5.94. The van der Waals surface area contributed by atoms with Gasteiger partial charge in [-0.15, -0.1) is 0 Å². The van der Waals surface area contributed by atoms with Gasteiger partial charge in [-0.25, -0.2) is 0 Å². The molecule has 0 bridgehead atoms. The van der Waals surface area contributed by atoms with E-state index in [0.717, 1.165) is 0 Å². The van der Waals surface area contributed by atoms with E-state index in [1.165, 1.54) is 6.07 Å². The summed E-state index contributed by atoms with van der Waals surface area (Å²) in [7, 11) is 0. The molecule has 0 fully saturated rings. The van der Waals surface area contributed by atoms with Crippen molar-refractivity contribution in [1.82, 2.24) is 5.32 Å². The molecule has 0 aliphatic heterocycles. The van der Waals surface area contributed by atoms with Crippen molar-refractivity contribution in [2.75, 3.05) is 13.2 Å². The first-order valence-corrected chi connectivity index (χ1v) is 6.89. The first kappa shape index (κ1) is 16.2. The summed E-state index contributed by atoms with van der Waals surface area (Å²) in [4.78, 5) is 10.4. The van der Waals surface area contributed by atoms with Crippen LogP contribution in [0.25, 0.3) is 0 Å². The molecule has 7 heteroatoms. The molecule has 0 spiro atoms. The predicted molar refractivity (Wildman–Crippen MR) is 79.1 cm³/mol. The first-order valence-electron chi connectivity index (χ1n) is 5.72. The third kappa shape index (κ3) is 5.34. The lowest BCUT2D eigenvalue weighted by Crippen LogP contribution is -2.38. The van der Waals surface area contributed by atoms with Crippen molar-refractivity contribution >= 4 is 33.2 Å². The van der Waals surface area contributed by atoms with E-state index in [0.29, 0.717) is 22.6 Å². The molecule has 1 N–H and O–H groups in total. The number of nitro benzene ring substituents is 1. The predicted octanol–water partition coefficient (Wildman–Crippen LogP) is 3.78. The molecule has 0 atom stereocenters. The van der Waals surface area contributed by atoms with Crippen LogP contribution in [0.5, 0.6) is 5.75 Å². The third-order valence-corrected chi connectivity index (χ3v) is 3.00. The van der Waals surface area contributed by atoms with Crippen LogP contribution in [0, 0.1) is 10.1 Å². The van der Waals surface area contributed by atoms with Gasteiger partial charge in [-0.2, -0.15) is 0 Å². The Morgan fingerprint density at radius 3 is 2.63 bits per heavy atom. The molecule has 106 valence electrons.